The summed E-state index contributed by atoms with van der Waals surface area (Å²) in [5, 5.41) is -0.671. The van der Waals surface area contributed by atoms with Crippen molar-refractivity contribution < 1.29 is 21.9 Å². The number of sulfonamides is 1. The second-order valence-corrected chi connectivity index (χ2v) is 5.01. The van der Waals surface area contributed by atoms with Gasteiger partial charge in [-0.1, -0.05) is 12.1 Å². The summed E-state index contributed by atoms with van der Waals surface area (Å²) in [6.07, 6.45) is 0. The van der Waals surface area contributed by atoms with Crippen LogP contribution < -0.4 is 9.46 Å². The molecule has 0 unspecified atom stereocenters. The van der Waals surface area contributed by atoms with E-state index in [1.54, 1.807) is 0 Å². The van der Waals surface area contributed by atoms with Crippen LogP contribution in [0.4, 0.5) is 14.5 Å². The highest BCUT2D eigenvalue weighted by atomic mass is 35.5. The fraction of sp³-hybridized carbons (Fsp3) is 0.250. The Morgan fingerprint density at radius 3 is 2.56 bits per heavy atom. The monoisotopic (exact) mass is 271 g/mol. The highest BCUT2D eigenvalue weighted by Gasteiger charge is 2.14. The number of benzene rings is 1. The van der Waals surface area contributed by atoms with E-state index in [4.69, 9.17) is 11.6 Å². The minimum Gasteiger partial charge on any atom is -0.433 e. The molecule has 4 nitrogen and oxygen atoms in total. The standard InChI is InChI=1S/C8H8ClF2NO3S/c9-5-16(13,14)12-6-3-1-2-4-7(6)15-8(10)11/h1-4,8,12H,5H2. The zero-order valence-corrected chi connectivity index (χ0v) is 9.43. The molecular weight excluding hydrogens is 264 g/mol. The van der Waals surface area contributed by atoms with Gasteiger partial charge in [-0.05, 0) is 12.1 Å². The summed E-state index contributed by atoms with van der Waals surface area (Å²) in [5.74, 6) is -0.258. The molecule has 0 heterocycles. The number of rotatable bonds is 5. The van der Waals surface area contributed by atoms with Gasteiger partial charge < -0.3 is 4.74 Å². The molecule has 0 saturated carbocycles. The molecule has 0 amide bonds. The summed E-state index contributed by atoms with van der Waals surface area (Å²) < 4.78 is 52.4. The summed E-state index contributed by atoms with van der Waals surface area (Å²) in [6.45, 7) is -3.03. The van der Waals surface area contributed by atoms with Gasteiger partial charge in [0.15, 0.2) is 0 Å². The normalized spacial score (nSPS) is 11.5. The van der Waals surface area contributed by atoms with E-state index in [9.17, 15) is 17.2 Å². The first-order valence-corrected chi connectivity index (χ1v) is 6.23. The molecule has 0 saturated heterocycles. The lowest BCUT2D eigenvalue weighted by molar-refractivity contribution is -0.0493. The van der Waals surface area contributed by atoms with E-state index in [0.29, 0.717) is 0 Å². The van der Waals surface area contributed by atoms with Crippen LogP contribution in [-0.2, 0) is 10.0 Å². The first-order chi connectivity index (χ1) is 7.44. The average molecular weight is 272 g/mol. The molecule has 0 aromatic heterocycles. The Balaban J connectivity index is 2.95. The van der Waals surface area contributed by atoms with Crippen molar-refractivity contribution in [2.24, 2.45) is 0 Å². The lowest BCUT2D eigenvalue weighted by Crippen LogP contribution is -2.15. The number of halogens is 3. The second-order valence-electron chi connectivity index (χ2n) is 2.70. The van der Waals surface area contributed by atoms with Gasteiger partial charge in [-0.15, -0.1) is 11.6 Å². The van der Waals surface area contributed by atoms with Crippen molar-refractivity contribution in [2.75, 3.05) is 9.93 Å². The number of hydrogen-bond acceptors (Lipinski definition) is 3. The molecular formula is C8H8ClF2NO3S. The number of alkyl halides is 3. The van der Waals surface area contributed by atoms with Crippen LogP contribution in [0, 0.1) is 0 Å². The van der Waals surface area contributed by atoms with Crippen LogP contribution in [0.1, 0.15) is 0 Å². The van der Waals surface area contributed by atoms with Crippen LogP contribution in [0.2, 0.25) is 0 Å². The highest BCUT2D eigenvalue weighted by molar-refractivity contribution is 7.93. The topological polar surface area (TPSA) is 55.4 Å². The van der Waals surface area contributed by atoms with Gasteiger partial charge in [-0.2, -0.15) is 8.78 Å². The van der Waals surface area contributed by atoms with Crippen molar-refractivity contribution in [2.45, 2.75) is 6.61 Å². The number of para-hydroxylation sites is 2. The zero-order valence-electron chi connectivity index (χ0n) is 7.86. The Bertz CT molecular complexity index is 452. The molecule has 1 aromatic rings. The third-order valence-corrected chi connectivity index (χ3v) is 3.19. The van der Waals surface area contributed by atoms with Crippen LogP contribution in [-0.4, -0.2) is 20.2 Å². The largest absolute Gasteiger partial charge is 0.433 e. The molecule has 0 radical (unpaired) electrons. The first-order valence-electron chi connectivity index (χ1n) is 4.05. The number of ether oxygens (including phenoxy) is 1. The van der Waals surface area contributed by atoms with E-state index < -0.39 is 21.8 Å². The fourth-order valence-corrected chi connectivity index (χ4v) is 1.67. The van der Waals surface area contributed by atoms with Gasteiger partial charge in [0.25, 0.3) is 0 Å². The molecule has 1 rings (SSSR count). The maximum Gasteiger partial charge on any atom is 0.387 e. The average Bonchev–Trinajstić information content (AvgIpc) is 2.20. The van der Waals surface area contributed by atoms with E-state index in [1.165, 1.54) is 24.3 Å². The molecule has 0 atom stereocenters. The smallest absolute Gasteiger partial charge is 0.387 e. The van der Waals surface area contributed by atoms with Crippen LogP contribution in [0.15, 0.2) is 24.3 Å². The maximum absolute atomic E-state index is 12.0. The molecule has 90 valence electrons. The van der Waals surface area contributed by atoms with Crippen LogP contribution >= 0.6 is 11.6 Å². The van der Waals surface area contributed by atoms with Gasteiger partial charge in [0.05, 0.1) is 5.69 Å². The van der Waals surface area contributed by atoms with Crippen LogP contribution in [0.3, 0.4) is 0 Å². The predicted molar refractivity (Wildman–Crippen MR) is 56.3 cm³/mol. The van der Waals surface area contributed by atoms with Crippen molar-refractivity contribution in [3.63, 3.8) is 0 Å². The Morgan fingerprint density at radius 1 is 1.38 bits per heavy atom. The summed E-state index contributed by atoms with van der Waals surface area (Å²) in [4.78, 5) is 0. The lowest BCUT2D eigenvalue weighted by atomic mass is 10.3. The summed E-state index contributed by atoms with van der Waals surface area (Å²) >= 11 is 5.16. The van der Waals surface area contributed by atoms with Crippen molar-refractivity contribution in [3.05, 3.63) is 24.3 Å². The predicted octanol–water partition coefficient (Wildman–Crippen LogP) is 2.23. The van der Waals surface area contributed by atoms with Gasteiger partial charge in [-0.25, -0.2) is 8.42 Å². The fourth-order valence-electron chi connectivity index (χ4n) is 0.945. The van der Waals surface area contributed by atoms with Gasteiger partial charge in [-0.3, -0.25) is 4.72 Å². The first kappa shape index (κ1) is 13.0. The lowest BCUT2D eigenvalue weighted by Gasteiger charge is -2.11. The molecule has 0 bridgehead atoms. The van der Waals surface area contributed by atoms with Crippen LogP contribution in [0.5, 0.6) is 5.75 Å². The van der Waals surface area contributed by atoms with E-state index in [2.05, 4.69) is 4.74 Å². The van der Waals surface area contributed by atoms with Gasteiger partial charge in [0.2, 0.25) is 10.0 Å². The highest BCUT2D eigenvalue weighted by Crippen LogP contribution is 2.26. The molecule has 0 aliphatic rings. The number of hydrogen-bond donors (Lipinski definition) is 1. The van der Waals surface area contributed by atoms with Crippen molar-refractivity contribution >= 4 is 27.3 Å². The van der Waals surface area contributed by atoms with Gasteiger partial charge in [0, 0.05) is 0 Å². The molecule has 1 N–H and O–H groups in total. The van der Waals surface area contributed by atoms with Crippen molar-refractivity contribution in [3.8, 4) is 5.75 Å². The maximum atomic E-state index is 12.0. The zero-order chi connectivity index (χ0) is 12.2. The molecule has 0 spiro atoms. The van der Waals surface area contributed by atoms with E-state index >= 15 is 0 Å². The van der Waals surface area contributed by atoms with Gasteiger partial charge >= 0.3 is 6.61 Å². The summed E-state index contributed by atoms with van der Waals surface area (Å²) in [7, 11) is -3.74. The van der Waals surface area contributed by atoms with E-state index in [-0.39, 0.29) is 11.4 Å². The quantitative estimate of drug-likeness (QED) is 0.836. The van der Waals surface area contributed by atoms with Crippen molar-refractivity contribution in [1.29, 1.82) is 0 Å². The number of anilines is 1. The molecule has 0 fully saturated rings. The number of nitrogens with one attached hydrogen (secondary N) is 1. The Morgan fingerprint density at radius 2 is 2.00 bits per heavy atom. The molecule has 16 heavy (non-hydrogen) atoms. The molecule has 0 aliphatic heterocycles. The third kappa shape index (κ3) is 3.82. The Labute approximate surface area is 96.2 Å². The molecule has 1 aromatic carbocycles. The Hall–Kier alpha value is -1.08. The van der Waals surface area contributed by atoms with Crippen LogP contribution in [0.25, 0.3) is 0 Å². The SMILES string of the molecule is O=S(=O)(CCl)Nc1ccccc1OC(F)F. The minimum absolute atomic E-state index is 0.0801. The van der Waals surface area contributed by atoms with E-state index in [1.807, 2.05) is 4.72 Å². The second kappa shape index (κ2) is 5.31. The summed E-state index contributed by atoms with van der Waals surface area (Å²) in [6, 6.07) is 5.43. The molecule has 0 aliphatic carbocycles. The molecule has 8 heteroatoms. The Kier molecular flexibility index (Phi) is 4.31. The van der Waals surface area contributed by atoms with Gasteiger partial charge in [0.1, 0.15) is 11.0 Å². The summed E-state index contributed by atoms with van der Waals surface area (Å²) in [5.41, 5.74) is -0.0801. The van der Waals surface area contributed by atoms with E-state index in [0.717, 1.165) is 0 Å². The third-order valence-electron chi connectivity index (χ3n) is 1.51. The van der Waals surface area contributed by atoms with Crippen molar-refractivity contribution in [1.82, 2.24) is 0 Å². The minimum atomic E-state index is -3.74.